The van der Waals surface area contributed by atoms with E-state index in [9.17, 15) is 14.4 Å². The van der Waals surface area contributed by atoms with Crippen LogP contribution in [0, 0.1) is 0 Å². The summed E-state index contributed by atoms with van der Waals surface area (Å²) >= 11 is 0. The van der Waals surface area contributed by atoms with Crippen molar-refractivity contribution in [3.8, 4) is 0 Å². The molecule has 0 bridgehead atoms. The van der Waals surface area contributed by atoms with Crippen LogP contribution in [0.15, 0.2) is 18.2 Å². The van der Waals surface area contributed by atoms with Gasteiger partial charge in [-0.3, -0.25) is 14.5 Å². The molecule has 0 aromatic heterocycles. The molecule has 1 saturated heterocycles. The molecular formula is C21H29N3O3. The number of urea groups is 1. The molecule has 1 aromatic rings. The molecule has 6 nitrogen and oxygen atoms in total. The SMILES string of the molecule is CCC1(CC)NC(=O)N(CC(=O)NC(C)c2ccc3c(c2)CCCC3)C1=O. The predicted octanol–water partition coefficient (Wildman–Crippen LogP) is 2.85. The van der Waals surface area contributed by atoms with Crippen LogP contribution in [-0.2, 0) is 22.4 Å². The summed E-state index contributed by atoms with van der Waals surface area (Å²) in [6.07, 6.45) is 5.68. The van der Waals surface area contributed by atoms with Crippen LogP contribution < -0.4 is 10.6 Å². The Morgan fingerprint density at radius 2 is 1.85 bits per heavy atom. The molecule has 0 saturated carbocycles. The van der Waals surface area contributed by atoms with Gasteiger partial charge >= 0.3 is 6.03 Å². The maximum absolute atomic E-state index is 12.6. The van der Waals surface area contributed by atoms with Crippen LogP contribution in [0.2, 0.25) is 0 Å². The highest BCUT2D eigenvalue weighted by atomic mass is 16.2. The first kappa shape index (κ1) is 19.4. The molecule has 4 amide bonds. The molecule has 0 spiro atoms. The fourth-order valence-electron chi connectivity index (χ4n) is 4.09. The molecule has 1 aliphatic heterocycles. The van der Waals surface area contributed by atoms with Crippen molar-refractivity contribution >= 4 is 17.8 Å². The maximum Gasteiger partial charge on any atom is 0.325 e. The maximum atomic E-state index is 12.6. The third-order valence-electron chi connectivity index (χ3n) is 6.00. The molecule has 2 aliphatic rings. The summed E-state index contributed by atoms with van der Waals surface area (Å²) in [5.74, 6) is -0.638. The van der Waals surface area contributed by atoms with E-state index in [0.717, 1.165) is 23.3 Å². The van der Waals surface area contributed by atoms with E-state index in [1.807, 2.05) is 20.8 Å². The zero-order chi connectivity index (χ0) is 19.6. The molecule has 1 atom stereocenters. The first-order valence-electron chi connectivity index (χ1n) is 9.95. The molecule has 2 N–H and O–H groups in total. The number of benzene rings is 1. The fraction of sp³-hybridized carbons (Fsp3) is 0.571. The van der Waals surface area contributed by atoms with Crippen molar-refractivity contribution < 1.29 is 14.4 Å². The highest BCUT2D eigenvalue weighted by Crippen LogP contribution is 2.26. The lowest BCUT2D eigenvalue weighted by molar-refractivity contribution is -0.135. The van der Waals surface area contributed by atoms with Gasteiger partial charge in [0.2, 0.25) is 5.91 Å². The van der Waals surface area contributed by atoms with Gasteiger partial charge in [0.05, 0.1) is 6.04 Å². The summed E-state index contributed by atoms with van der Waals surface area (Å²) in [7, 11) is 0. The summed E-state index contributed by atoms with van der Waals surface area (Å²) < 4.78 is 0. The monoisotopic (exact) mass is 371 g/mol. The third kappa shape index (κ3) is 3.70. The largest absolute Gasteiger partial charge is 0.348 e. The minimum absolute atomic E-state index is 0.174. The summed E-state index contributed by atoms with van der Waals surface area (Å²) in [6, 6.07) is 5.72. The molecule has 1 heterocycles. The smallest absolute Gasteiger partial charge is 0.325 e. The lowest BCUT2D eigenvalue weighted by Gasteiger charge is -2.23. The second-order valence-electron chi connectivity index (χ2n) is 7.64. The number of carbonyl (C=O) groups is 3. The van der Waals surface area contributed by atoms with E-state index in [4.69, 9.17) is 0 Å². The lowest BCUT2D eigenvalue weighted by atomic mass is 9.89. The first-order valence-corrected chi connectivity index (χ1v) is 9.95. The van der Waals surface area contributed by atoms with Crippen molar-refractivity contribution in [1.82, 2.24) is 15.5 Å². The first-order chi connectivity index (χ1) is 12.9. The van der Waals surface area contributed by atoms with Gasteiger partial charge in [-0.25, -0.2) is 4.79 Å². The van der Waals surface area contributed by atoms with Crippen molar-refractivity contribution in [2.75, 3.05) is 6.54 Å². The van der Waals surface area contributed by atoms with Crippen molar-refractivity contribution in [2.45, 2.75) is 70.9 Å². The summed E-state index contributed by atoms with van der Waals surface area (Å²) in [6.45, 7) is 5.41. The Morgan fingerprint density at radius 3 is 2.48 bits per heavy atom. The number of imide groups is 1. The van der Waals surface area contributed by atoms with E-state index in [2.05, 4.69) is 28.8 Å². The van der Waals surface area contributed by atoms with Crippen LogP contribution in [-0.4, -0.2) is 34.8 Å². The summed E-state index contributed by atoms with van der Waals surface area (Å²) in [5.41, 5.74) is 2.95. The van der Waals surface area contributed by atoms with Gasteiger partial charge in [-0.15, -0.1) is 0 Å². The molecule has 6 heteroatoms. The number of amides is 4. The van der Waals surface area contributed by atoms with Crippen molar-refractivity contribution in [3.05, 3.63) is 34.9 Å². The molecule has 3 rings (SSSR count). The molecule has 0 radical (unpaired) electrons. The molecule has 27 heavy (non-hydrogen) atoms. The van der Waals surface area contributed by atoms with Crippen LogP contribution in [0.4, 0.5) is 4.79 Å². The minimum atomic E-state index is -0.874. The van der Waals surface area contributed by atoms with Crippen molar-refractivity contribution in [3.63, 3.8) is 0 Å². The van der Waals surface area contributed by atoms with E-state index >= 15 is 0 Å². The Balaban J connectivity index is 1.64. The van der Waals surface area contributed by atoms with Gasteiger partial charge in [-0.1, -0.05) is 32.0 Å². The number of hydrogen-bond donors (Lipinski definition) is 2. The van der Waals surface area contributed by atoms with Gasteiger partial charge < -0.3 is 10.6 Å². The number of aryl methyl sites for hydroxylation is 2. The predicted molar refractivity (Wildman–Crippen MR) is 103 cm³/mol. The normalized spacial score (nSPS) is 19.4. The molecule has 1 aromatic carbocycles. The number of hydrogen-bond acceptors (Lipinski definition) is 3. The van der Waals surface area contributed by atoms with Crippen molar-refractivity contribution in [1.29, 1.82) is 0 Å². The molecule has 1 unspecified atom stereocenters. The number of nitrogens with one attached hydrogen (secondary N) is 2. The highest BCUT2D eigenvalue weighted by Gasteiger charge is 2.49. The molecular weight excluding hydrogens is 342 g/mol. The molecule has 1 fully saturated rings. The average Bonchev–Trinajstić information content (AvgIpc) is 2.92. The van der Waals surface area contributed by atoms with E-state index in [1.54, 1.807) is 0 Å². The minimum Gasteiger partial charge on any atom is -0.348 e. The van der Waals surface area contributed by atoms with Crippen LogP contribution >= 0.6 is 0 Å². The van der Waals surface area contributed by atoms with Crippen LogP contribution in [0.3, 0.4) is 0 Å². The van der Waals surface area contributed by atoms with E-state index < -0.39 is 11.6 Å². The molecule has 1 aliphatic carbocycles. The van der Waals surface area contributed by atoms with Crippen LogP contribution in [0.1, 0.15) is 69.2 Å². The van der Waals surface area contributed by atoms with Gasteiger partial charge in [0, 0.05) is 0 Å². The van der Waals surface area contributed by atoms with E-state index in [-0.39, 0.29) is 24.4 Å². The van der Waals surface area contributed by atoms with Crippen LogP contribution in [0.5, 0.6) is 0 Å². The van der Waals surface area contributed by atoms with Gasteiger partial charge in [0.1, 0.15) is 12.1 Å². The van der Waals surface area contributed by atoms with Gasteiger partial charge in [-0.05, 0) is 62.1 Å². The van der Waals surface area contributed by atoms with Gasteiger partial charge in [-0.2, -0.15) is 0 Å². The highest BCUT2D eigenvalue weighted by molar-refractivity contribution is 6.09. The second kappa shape index (κ2) is 7.71. The lowest BCUT2D eigenvalue weighted by Crippen LogP contribution is -2.46. The Bertz CT molecular complexity index is 755. The number of rotatable bonds is 6. The van der Waals surface area contributed by atoms with Crippen LogP contribution in [0.25, 0.3) is 0 Å². The zero-order valence-corrected chi connectivity index (χ0v) is 16.4. The molecule has 146 valence electrons. The standard InChI is InChI=1S/C21H29N3O3/c1-4-21(5-2)19(26)24(20(27)23-21)13-18(25)22-14(3)16-11-10-15-8-6-7-9-17(15)12-16/h10-12,14H,4-9,13H2,1-3H3,(H,22,25)(H,23,27). The van der Waals surface area contributed by atoms with E-state index in [1.165, 1.54) is 24.0 Å². The Kier molecular flexibility index (Phi) is 5.53. The number of nitrogens with zero attached hydrogens (tertiary/aromatic N) is 1. The quantitative estimate of drug-likeness (QED) is 0.755. The van der Waals surface area contributed by atoms with E-state index in [0.29, 0.717) is 12.8 Å². The number of fused-ring (bicyclic) bond motifs is 1. The Hall–Kier alpha value is -2.37. The Morgan fingerprint density at radius 1 is 1.19 bits per heavy atom. The number of carbonyl (C=O) groups excluding carboxylic acids is 3. The van der Waals surface area contributed by atoms with Gasteiger partial charge in [0.25, 0.3) is 5.91 Å². The van der Waals surface area contributed by atoms with Crippen molar-refractivity contribution in [2.24, 2.45) is 0 Å². The second-order valence-corrected chi connectivity index (χ2v) is 7.64. The average molecular weight is 371 g/mol. The summed E-state index contributed by atoms with van der Waals surface area (Å²) in [5, 5.41) is 5.67. The summed E-state index contributed by atoms with van der Waals surface area (Å²) in [4.78, 5) is 38.3. The topological polar surface area (TPSA) is 78.5 Å². The van der Waals surface area contributed by atoms with Gasteiger partial charge in [0.15, 0.2) is 0 Å². The zero-order valence-electron chi connectivity index (χ0n) is 16.4. The fourth-order valence-corrected chi connectivity index (χ4v) is 4.09. The Labute approximate surface area is 160 Å². The third-order valence-corrected chi connectivity index (χ3v) is 6.00.